The number of H-pyrrole nitrogens is 2. The minimum atomic E-state index is 0.445. The van der Waals surface area contributed by atoms with Gasteiger partial charge >= 0.3 is 0 Å². The molecule has 0 saturated heterocycles. The lowest BCUT2D eigenvalue weighted by Gasteiger charge is -1.90. The van der Waals surface area contributed by atoms with E-state index < -0.39 is 0 Å². The van der Waals surface area contributed by atoms with Gasteiger partial charge in [0.1, 0.15) is 11.5 Å². The number of rotatable bonds is 1. The molecule has 0 spiro atoms. The van der Waals surface area contributed by atoms with Crippen LogP contribution in [0.1, 0.15) is 5.56 Å². The van der Waals surface area contributed by atoms with Gasteiger partial charge in [-0.3, -0.25) is 5.10 Å². The molecule has 3 heterocycles. The molecule has 16 heavy (non-hydrogen) atoms. The lowest BCUT2D eigenvalue weighted by molar-refractivity contribution is 1.09. The summed E-state index contributed by atoms with van der Waals surface area (Å²) in [5, 5.41) is 6.66. The Hall–Kier alpha value is -2.37. The Morgan fingerprint density at radius 3 is 2.94 bits per heavy atom. The number of nitrogens with two attached hydrogens (primary N) is 1. The van der Waals surface area contributed by atoms with E-state index in [0.29, 0.717) is 17.3 Å². The van der Waals surface area contributed by atoms with Gasteiger partial charge in [-0.25, -0.2) is 9.97 Å². The van der Waals surface area contributed by atoms with Gasteiger partial charge in [0.25, 0.3) is 0 Å². The Morgan fingerprint density at radius 1 is 1.38 bits per heavy atom. The van der Waals surface area contributed by atoms with Gasteiger partial charge in [-0.05, 0) is 18.6 Å². The molecular weight excluding hydrogens is 204 g/mol. The summed E-state index contributed by atoms with van der Waals surface area (Å²) in [5.74, 6) is 1.14. The van der Waals surface area contributed by atoms with Crippen LogP contribution < -0.4 is 5.73 Å². The third-order valence-electron chi connectivity index (χ3n) is 2.45. The number of nitrogen functional groups attached to an aromatic ring is 1. The molecule has 0 aliphatic carbocycles. The zero-order valence-corrected chi connectivity index (χ0v) is 8.65. The molecule has 0 fully saturated rings. The van der Waals surface area contributed by atoms with Crippen molar-refractivity contribution in [2.24, 2.45) is 0 Å². The third kappa shape index (κ3) is 1.23. The third-order valence-corrected chi connectivity index (χ3v) is 2.45. The van der Waals surface area contributed by atoms with Crippen molar-refractivity contribution < 1.29 is 0 Å². The Balaban J connectivity index is 2.22. The minimum Gasteiger partial charge on any atom is -0.382 e. The molecular formula is C10H10N6. The van der Waals surface area contributed by atoms with Crippen molar-refractivity contribution >= 4 is 17.0 Å². The lowest BCUT2D eigenvalue weighted by Crippen LogP contribution is -1.81. The fourth-order valence-electron chi connectivity index (χ4n) is 1.62. The van der Waals surface area contributed by atoms with E-state index in [1.807, 2.05) is 13.0 Å². The van der Waals surface area contributed by atoms with Gasteiger partial charge < -0.3 is 10.7 Å². The molecule has 4 N–H and O–H groups in total. The number of imidazole rings is 1. The van der Waals surface area contributed by atoms with Gasteiger partial charge in [-0.15, -0.1) is 0 Å². The highest BCUT2D eigenvalue weighted by atomic mass is 15.2. The number of pyridine rings is 1. The predicted molar refractivity (Wildman–Crippen MR) is 60.6 cm³/mol. The first-order chi connectivity index (χ1) is 7.74. The molecule has 0 unspecified atom stereocenters. The Morgan fingerprint density at radius 2 is 2.25 bits per heavy atom. The second-order valence-corrected chi connectivity index (χ2v) is 3.62. The van der Waals surface area contributed by atoms with Crippen LogP contribution in [0, 0.1) is 6.92 Å². The molecule has 3 aromatic rings. The van der Waals surface area contributed by atoms with Crippen molar-refractivity contribution in [1.29, 1.82) is 0 Å². The highest BCUT2D eigenvalue weighted by Crippen LogP contribution is 2.20. The van der Waals surface area contributed by atoms with Crippen molar-refractivity contribution in [2.45, 2.75) is 6.92 Å². The standard InChI is InChI=1S/C10H10N6/c1-5-2-3-12-10-8(5)13-9(14-10)6-4-7(11)16-15-6/h2-4H,1H3,(H3,11,15,16)(H,12,13,14). The molecule has 0 bridgehead atoms. The van der Waals surface area contributed by atoms with E-state index in [2.05, 4.69) is 25.1 Å². The number of anilines is 1. The van der Waals surface area contributed by atoms with Crippen molar-refractivity contribution in [3.63, 3.8) is 0 Å². The van der Waals surface area contributed by atoms with Crippen LogP contribution in [0.25, 0.3) is 22.7 Å². The number of nitrogens with zero attached hydrogens (tertiary/aromatic N) is 3. The zero-order chi connectivity index (χ0) is 11.1. The van der Waals surface area contributed by atoms with Crippen LogP contribution >= 0.6 is 0 Å². The van der Waals surface area contributed by atoms with Crippen LogP contribution in [0.4, 0.5) is 5.82 Å². The van der Waals surface area contributed by atoms with E-state index in [1.54, 1.807) is 12.3 Å². The summed E-state index contributed by atoms with van der Waals surface area (Å²) in [6, 6.07) is 3.67. The fraction of sp³-hybridized carbons (Fsp3) is 0.100. The number of aromatic nitrogens is 5. The summed E-state index contributed by atoms with van der Waals surface area (Å²) < 4.78 is 0. The SMILES string of the molecule is Cc1ccnc2nc(-c3cc(N)n[nH]3)[nH]c12. The molecule has 0 amide bonds. The van der Waals surface area contributed by atoms with Crippen LogP contribution in [0.3, 0.4) is 0 Å². The maximum absolute atomic E-state index is 5.54. The van der Waals surface area contributed by atoms with Crippen LogP contribution in [0.2, 0.25) is 0 Å². The molecule has 3 rings (SSSR count). The highest BCUT2D eigenvalue weighted by molar-refractivity contribution is 5.78. The van der Waals surface area contributed by atoms with E-state index in [4.69, 9.17) is 5.73 Å². The fourth-order valence-corrected chi connectivity index (χ4v) is 1.62. The molecule has 3 aromatic heterocycles. The number of aryl methyl sites for hydroxylation is 1. The molecule has 0 aliphatic heterocycles. The van der Waals surface area contributed by atoms with Crippen molar-refractivity contribution in [1.82, 2.24) is 25.1 Å². The van der Waals surface area contributed by atoms with Crippen LogP contribution in [-0.4, -0.2) is 25.1 Å². The van der Waals surface area contributed by atoms with Gasteiger partial charge in [0, 0.05) is 12.3 Å². The summed E-state index contributed by atoms with van der Waals surface area (Å²) in [4.78, 5) is 11.7. The smallest absolute Gasteiger partial charge is 0.178 e. The second kappa shape index (κ2) is 3.06. The quantitative estimate of drug-likeness (QED) is 0.567. The first-order valence-corrected chi connectivity index (χ1v) is 4.86. The first kappa shape index (κ1) is 8.90. The highest BCUT2D eigenvalue weighted by Gasteiger charge is 2.09. The van der Waals surface area contributed by atoms with Gasteiger partial charge in [0.05, 0.1) is 5.52 Å². The Labute approximate surface area is 90.9 Å². The summed E-state index contributed by atoms with van der Waals surface area (Å²) in [7, 11) is 0. The van der Waals surface area contributed by atoms with E-state index in [0.717, 1.165) is 16.8 Å². The molecule has 6 heteroatoms. The number of hydrogen-bond acceptors (Lipinski definition) is 4. The van der Waals surface area contributed by atoms with Gasteiger partial charge in [-0.2, -0.15) is 5.10 Å². The molecule has 0 atom stereocenters. The van der Waals surface area contributed by atoms with E-state index in [-0.39, 0.29) is 0 Å². The molecule has 6 nitrogen and oxygen atoms in total. The van der Waals surface area contributed by atoms with Crippen molar-refractivity contribution in [3.8, 4) is 11.5 Å². The first-order valence-electron chi connectivity index (χ1n) is 4.86. The normalized spacial score (nSPS) is 11.1. The van der Waals surface area contributed by atoms with Crippen LogP contribution in [0.5, 0.6) is 0 Å². The summed E-state index contributed by atoms with van der Waals surface area (Å²) in [5.41, 5.74) is 9.04. The zero-order valence-electron chi connectivity index (χ0n) is 8.65. The molecule has 0 aliphatic rings. The van der Waals surface area contributed by atoms with Gasteiger partial charge in [-0.1, -0.05) is 0 Å². The number of aromatic amines is 2. The molecule has 0 radical (unpaired) electrons. The van der Waals surface area contributed by atoms with Gasteiger partial charge in [0.2, 0.25) is 0 Å². The molecule has 0 aromatic carbocycles. The second-order valence-electron chi connectivity index (χ2n) is 3.62. The van der Waals surface area contributed by atoms with E-state index in [1.165, 1.54) is 0 Å². The molecule has 0 saturated carbocycles. The predicted octanol–water partition coefficient (Wildman–Crippen LogP) is 1.24. The summed E-state index contributed by atoms with van der Waals surface area (Å²) >= 11 is 0. The van der Waals surface area contributed by atoms with Crippen LogP contribution in [-0.2, 0) is 0 Å². The monoisotopic (exact) mass is 214 g/mol. The maximum Gasteiger partial charge on any atom is 0.178 e. The molecule has 80 valence electrons. The topological polar surface area (TPSA) is 96.3 Å². The van der Waals surface area contributed by atoms with E-state index in [9.17, 15) is 0 Å². The Bertz CT molecular complexity index is 650. The number of hydrogen-bond donors (Lipinski definition) is 3. The maximum atomic E-state index is 5.54. The average Bonchev–Trinajstić information content (AvgIpc) is 2.84. The average molecular weight is 214 g/mol. The summed E-state index contributed by atoms with van der Waals surface area (Å²) in [6.45, 7) is 2.01. The number of fused-ring (bicyclic) bond motifs is 1. The van der Waals surface area contributed by atoms with Crippen molar-refractivity contribution in [2.75, 3.05) is 5.73 Å². The Kier molecular flexibility index (Phi) is 1.70. The minimum absolute atomic E-state index is 0.445. The largest absolute Gasteiger partial charge is 0.382 e. The van der Waals surface area contributed by atoms with Crippen molar-refractivity contribution in [3.05, 3.63) is 23.9 Å². The van der Waals surface area contributed by atoms with E-state index >= 15 is 0 Å². The number of nitrogens with one attached hydrogen (secondary N) is 2. The summed E-state index contributed by atoms with van der Waals surface area (Å²) in [6.07, 6.45) is 1.74. The van der Waals surface area contributed by atoms with Gasteiger partial charge in [0.15, 0.2) is 11.5 Å². The van der Waals surface area contributed by atoms with Crippen LogP contribution in [0.15, 0.2) is 18.3 Å². The lowest BCUT2D eigenvalue weighted by atomic mass is 10.3.